The Morgan fingerprint density at radius 2 is 1.84 bits per heavy atom. The zero-order chi connectivity index (χ0) is 22.6. The highest BCUT2D eigenvalue weighted by atomic mass is 16.5. The van der Waals surface area contributed by atoms with Crippen LogP contribution in [0.15, 0.2) is 72.9 Å². The lowest BCUT2D eigenvalue weighted by atomic mass is 10.1. The molecule has 2 N–H and O–H groups in total. The SMILES string of the molecule is COCCOc1ccc(NC(=O)[C@H](NCCc2ccc(C#N)cc2)c2ccccc2)nc1. The Balaban J connectivity index is 1.61. The molecule has 164 valence electrons. The number of aromatic nitrogens is 1. The van der Waals surface area contributed by atoms with E-state index in [1.165, 1.54) is 0 Å². The maximum absolute atomic E-state index is 13.0. The first-order valence-electron chi connectivity index (χ1n) is 10.4. The molecule has 0 bridgehead atoms. The number of ether oxygens (including phenoxy) is 2. The van der Waals surface area contributed by atoms with E-state index in [2.05, 4.69) is 21.7 Å². The number of benzene rings is 2. The summed E-state index contributed by atoms with van der Waals surface area (Å²) in [6.45, 7) is 1.52. The Bertz CT molecular complexity index is 1020. The number of amides is 1. The molecule has 0 spiro atoms. The average molecular weight is 431 g/mol. The van der Waals surface area contributed by atoms with Crippen LogP contribution in [-0.4, -0.2) is 37.8 Å². The highest BCUT2D eigenvalue weighted by Crippen LogP contribution is 2.17. The lowest BCUT2D eigenvalue weighted by molar-refractivity contribution is -0.118. The number of anilines is 1. The molecular weight excluding hydrogens is 404 g/mol. The number of pyridine rings is 1. The predicted octanol–water partition coefficient (Wildman–Crippen LogP) is 3.49. The number of carbonyl (C=O) groups is 1. The third-order valence-electron chi connectivity index (χ3n) is 4.78. The molecule has 32 heavy (non-hydrogen) atoms. The van der Waals surface area contributed by atoms with Crippen LogP contribution >= 0.6 is 0 Å². The van der Waals surface area contributed by atoms with Gasteiger partial charge in [0, 0.05) is 13.7 Å². The van der Waals surface area contributed by atoms with Crippen LogP contribution in [0, 0.1) is 11.3 Å². The van der Waals surface area contributed by atoms with Gasteiger partial charge < -0.3 is 20.1 Å². The lowest BCUT2D eigenvalue weighted by Gasteiger charge is -2.19. The van der Waals surface area contributed by atoms with Crippen molar-refractivity contribution in [3.8, 4) is 11.8 Å². The van der Waals surface area contributed by atoms with Crippen LogP contribution in [0.25, 0.3) is 0 Å². The van der Waals surface area contributed by atoms with E-state index in [1.54, 1.807) is 37.6 Å². The van der Waals surface area contributed by atoms with Crippen LogP contribution in [0.3, 0.4) is 0 Å². The Morgan fingerprint density at radius 3 is 2.50 bits per heavy atom. The van der Waals surface area contributed by atoms with Crippen molar-refractivity contribution in [1.29, 1.82) is 5.26 Å². The van der Waals surface area contributed by atoms with Gasteiger partial charge in [-0.05, 0) is 41.8 Å². The van der Waals surface area contributed by atoms with Crippen LogP contribution in [-0.2, 0) is 16.0 Å². The average Bonchev–Trinajstić information content (AvgIpc) is 2.84. The van der Waals surface area contributed by atoms with Gasteiger partial charge in [-0.15, -0.1) is 0 Å². The van der Waals surface area contributed by atoms with Gasteiger partial charge in [0.2, 0.25) is 5.91 Å². The van der Waals surface area contributed by atoms with E-state index in [9.17, 15) is 4.79 Å². The molecule has 1 atom stereocenters. The number of nitrogens with zero attached hydrogens (tertiary/aromatic N) is 2. The van der Waals surface area contributed by atoms with Gasteiger partial charge in [0.05, 0.1) is 24.4 Å². The number of methoxy groups -OCH3 is 1. The van der Waals surface area contributed by atoms with Gasteiger partial charge in [-0.3, -0.25) is 4.79 Å². The molecule has 0 aliphatic rings. The molecule has 3 aromatic rings. The van der Waals surface area contributed by atoms with E-state index in [-0.39, 0.29) is 5.91 Å². The first-order chi connectivity index (χ1) is 15.7. The molecular formula is C25H26N4O3. The highest BCUT2D eigenvalue weighted by Gasteiger charge is 2.20. The summed E-state index contributed by atoms with van der Waals surface area (Å²) in [7, 11) is 1.61. The van der Waals surface area contributed by atoms with Gasteiger partial charge in [-0.25, -0.2) is 4.98 Å². The zero-order valence-electron chi connectivity index (χ0n) is 18.0. The number of nitriles is 1. The van der Waals surface area contributed by atoms with Crippen molar-refractivity contribution in [2.75, 3.05) is 32.2 Å². The minimum absolute atomic E-state index is 0.198. The summed E-state index contributed by atoms with van der Waals surface area (Å²) in [4.78, 5) is 17.3. The molecule has 1 aromatic heterocycles. The normalized spacial score (nSPS) is 11.4. The van der Waals surface area contributed by atoms with Gasteiger partial charge in [0.15, 0.2) is 0 Å². The molecule has 7 nitrogen and oxygen atoms in total. The molecule has 0 unspecified atom stereocenters. The standard InChI is InChI=1S/C25H26N4O3/c1-31-15-16-32-22-11-12-23(28-18-22)29-25(30)24(21-5-3-2-4-6-21)27-14-13-19-7-9-20(17-26)10-8-19/h2-12,18,24,27H,13-16H2,1H3,(H,28,29,30)/t24-/m1/s1. The van der Waals surface area contributed by atoms with Crippen LogP contribution < -0.4 is 15.4 Å². The van der Waals surface area contributed by atoms with Crippen molar-refractivity contribution >= 4 is 11.7 Å². The first kappa shape index (κ1) is 22.9. The highest BCUT2D eigenvalue weighted by molar-refractivity contribution is 5.94. The van der Waals surface area contributed by atoms with E-state index in [0.717, 1.165) is 17.5 Å². The van der Waals surface area contributed by atoms with Crippen molar-refractivity contribution in [1.82, 2.24) is 10.3 Å². The minimum Gasteiger partial charge on any atom is -0.490 e. The van der Waals surface area contributed by atoms with Crippen molar-refractivity contribution in [2.45, 2.75) is 12.5 Å². The van der Waals surface area contributed by atoms with Crippen LogP contribution in [0.4, 0.5) is 5.82 Å². The van der Waals surface area contributed by atoms with Crippen LogP contribution in [0.1, 0.15) is 22.7 Å². The molecule has 7 heteroatoms. The number of nitrogens with one attached hydrogen (secondary N) is 2. The fourth-order valence-electron chi connectivity index (χ4n) is 3.10. The fourth-order valence-corrected chi connectivity index (χ4v) is 3.10. The lowest BCUT2D eigenvalue weighted by Crippen LogP contribution is -2.34. The monoisotopic (exact) mass is 430 g/mol. The number of rotatable bonds is 11. The molecule has 0 aliphatic carbocycles. The summed E-state index contributed by atoms with van der Waals surface area (Å²) < 4.78 is 10.5. The topological polar surface area (TPSA) is 96.3 Å². The van der Waals surface area contributed by atoms with Gasteiger partial charge in [0.25, 0.3) is 0 Å². The van der Waals surface area contributed by atoms with Gasteiger partial charge in [-0.2, -0.15) is 5.26 Å². The summed E-state index contributed by atoms with van der Waals surface area (Å²) in [5.74, 6) is 0.862. The molecule has 2 aromatic carbocycles. The Hall–Kier alpha value is -3.73. The van der Waals surface area contributed by atoms with E-state index in [1.807, 2.05) is 42.5 Å². The van der Waals surface area contributed by atoms with E-state index >= 15 is 0 Å². The molecule has 1 amide bonds. The van der Waals surface area contributed by atoms with Crippen molar-refractivity contribution in [3.63, 3.8) is 0 Å². The fraction of sp³-hybridized carbons (Fsp3) is 0.240. The summed E-state index contributed by atoms with van der Waals surface area (Å²) >= 11 is 0. The number of carbonyl (C=O) groups excluding carboxylic acids is 1. The second-order valence-corrected chi connectivity index (χ2v) is 7.07. The van der Waals surface area contributed by atoms with Crippen molar-refractivity contribution in [2.24, 2.45) is 0 Å². The molecule has 0 radical (unpaired) electrons. The molecule has 0 saturated heterocycles. The summed E-state index contributed by atoms with van der Waals surface area (Å²) in [5, 5.41) is 15.1. The summed E-state index contributed by atoms with van der Waals surface area (Å²) in [6.07, 6.45) is 2.30. The van der Waals surface area contributed by atoms with Crippen LogP contribution in [0.5, 0.6) is 5.75 Å². The zero-order valence-corrected chi connectivity index (χ0v) is 18.0. The maximum atomic E-state index is 13.0. The van der Waals surface area contributed by atoms with Gasteiger partial charge in [-0.1, -0.05) is 42.5 Å². The summed E-state index contributed by atoms with van der Waals surface area (Å²) in [6, 6.07) is 22.1. The Kier molecular flexibility index (Phi) is 8.75. The third kappa shape index (κ3) is 6.91. The minimum atomic E-state index is -0.533. The van der Waals surface area contributed by atoms with Crippen molar-refractivity contribution < 1.29 is 14.3 Å². The van der Waals surface area contributed by atoms with Gasteiger partial charge >= 0.3 is 0 Å². The summed E-state index contributed by atoms with van der Waals surface area (Å²) in [5.41, 5.74) is 2.59. The van der Waals surface area contributed by atoms with E-state index in [4.69, 9.17) is 14.7 Å². The third-order valence-corrected chi connectivity index (χ3v) is 4.78. The molecule has 3 rings (SSSR count). The second kappa shape index (κ2) is 12.2. The maximum Gasteiger partial charge on any atom is 0.247 e. The van der Waals surface area contributed by atoms with E-state index < -0.39 is 6.04 Å². The quantitative estimate of drug-likeness (QED) is 0.452. The predicted molar refractivity (Wildman–Crippen MR) is 122 cm³/mol. The Morgan fingerprint density at radius 1 is 1.06 bits per heavy atom. The molecule has 1 heterocycles. The van der Waals surface area contributed by atoms with E-state index in [0.29, 0.717) is 36.9 Å². The van der Waals surface area contributed by atoms with Crippen molar-refractivity contribution in [3.05, 3.63) is 89.6 Å². The molecule has 0 fully saturated rings. The largest absolute Gasteiger partial charge is 0.490 e. The van der Waals surface area contributed by atoms with Gasteiger partial charge in [0.1, 0.15) is 24.2 Å². The first-order valence-corrected chi connectivity index (χ1v) is 10.4. The molecule has 0 aliphatic heterocycles. The smallest absolute Gasteiger partial charge is 0.247 e. The van der Waals surface area contributed by atoms with Crippen LogP contribution in [0.2, 0.25) is 0 Å². The molecule has 0 saturated carbocycles. The Labute approximate surface area is 188 Å². The number of hydrogen-bond donors (Lipinski definition) is 2. The second-order valence-electron chi connectivity index (χ2n) is 7.07. The number of hydrogen-bond acceptors (Lipinski definition) is 6.